The van der Waals surface area contributed by atoms with E-state index in [0.717, 1.165) is 0 Å². The smallest absolute Gasteiger partial charge is 0.258 e. The number of halogens is 1. The summed E-state index contributed by atoms with van der Waals surface area (Å²) in [5, 5.41) is 25.0. The van der Waals surface area contributed by atoms with E-state index in [2.05, 4.69) is 0 Å². The summed E-state index contributed by atoms with van der Waals surface area (Å²) in [6.07, 6.45) is 0. The molecule has 0 saturated carbocycles. The predicted molar refractivity (Wildman–Crippen MR) is 56.1 cm³/mol. The van der Waals surface area contributed by atoms with Gasteiger partial charge in [-0.3, -0.25) is 20.2 Å². The Kier molecular flexibility index (Phi) is 3.31. The molecule has 0 atom stereocenters. The molecule has 0 fully saturated rings. The lowest BCUT2D eigenvalue weighted by Crippen LogP contribution is -2.13. The van der Waals surface area contributed by atoms with Gasteiger partial charge in [-0.1, -0.05) is 11.6 Å². The number of hydrogen-bond acceptors (Lipinski definition) is 6. The van der Waals surface area contributed by atoms with Gasteiger partial charge in [-0.25, -0.2) is 13.6 Å². The van der Waals surface area contributed by atoms with Crippen LogP contribution in [0.4, 0.5) is 11.4 Å². The molecular weight excluding hydrogens is 278 g/mol. The van der Waals surface area contributed by atoms with Gasteiger partial charge in [0.15, 0.2) is 5.02 Å². The van der Waals surface area contributed by atoms with E-state index < -0.39 is 41.2 Å². The zero-order chi connectivity index (χ0) is 13.4. The molecular formula is C6H4ClN3O6S. The number of primary sulfonamides is 1. The topological polar surface area (TPSA) is 146 Å². The second-order valence-corrected chi connectivity index (χ2v) is 4.77. The minimum absolute atomic E-state index is 0.560. The summed E-state index contributed by atoms with van der Waals surface area (Å²) in [5.41, 5.74) is -1.80. The minimum atomic E-state index is -4.30. The molecule has 1 aromatic carbocycles. The zero-order valence-electron chi connectivity index (χ0n) is 7.86. The molecule has 9 nitrogen and oxygen atoms in total. The highest BCUT2D eigenvalue weighted by Gasteiger charge is 2.28. The monoisotopic (exact) mass is 281 g/mol. The number of benzene rings is 1. The average molecular weight is 282 g/mol. The summed E-state index contributed by atoms with van der Waals surface area (Å²) in [7, 11) is -4.30. The van der Waals surface area contributed by atoms with Crippen molar-refractivity contribution in [2.24, 2.45) is 5.14 Å². The Labute approximate surface area is 99.1 Å². The molecule has 2 N–H and O–H groups in total. The molecule has 0 aliphatic carbocycles. The summed E-state index contributed by atoms with van der Waals surface area (Å²) in [6.45, 7) is 0. The molecule has 0 bridgehead atoms. The second-order valence-electron chi connectivity index (χ2n) is 2.83. The van der Waals surface area contributed by atoms with Crippen LogP contribution in [0.25, 0.3) is 0 Å². The maximum atomic E-state index is 11.0. The van der Waals surface area contributed by atoms with Crippen molar-refractivity contribution >= 4 is 33.0 Å². The molecule has 92 valence electrons. The lowest BCUT2D eigenvalue weighted by Gasteiger charge is -2.01. The van der Waals surface area contributed by atoms with Crippen molar-refractivity contribution in [2.45, 2.75) is 4.90 Å². The van der Waals surface area contributed by atoms with Gasteiger partial charge < -0.3 is 0 Å². The first kappa shape index (κ1) is 13.3. The van der Waals surface area contributed by atoms with Crippen LogP contribution in [0.15, 0.2) is 17.0 Å². The normalized spacial score (nSPS) is 11.2. The Morgan fingerprint density at radius 1 is 1.12 bits per heavy atom. The van der Waals surface area contributed by atoms with Crippen molar-refractivity contribution in [3.63, 3.8) is 0 Å². The van der Waals surface area contributed by atoms with Gasteiger partial charge >= 0.3 is 0 Å². The zero-order valence-corrected chi connectivity index (χ0v) is 9.43. The molecule has 0 aliphatic heterocycles. The molecule has 0 spiro atoms. The fourth-order valence-corrected chi connectivity index (χ4v) is 1.80. The summed E-state index contributed by atoms with van der Waals surface area (Å²) < 4.78 is 22.0. The molecule has 0 heterocycles. The van der Waals surface area contributed by atoms with Gasteiger partial charge in [0.1, 0.15) is 0 Å². The lowest BCUT2D eigenvalue weighted by atomic mass is 10.3. The quantitative estimate of drug-likeness (QED) is 0.640. The number of nitrogens with zero attached hydrogens (tertiary/aromatic N) is 2. The van der Waals surface area contributed by atoms with E-state index in [4.69, 9.17) is 16.7 Å². The van der Waals surface area contributed by atoms with Crippen molar-refractivity contribution in [3.8, 4) is 0 Å². The van der Waals surface area contributed by atoms with Crippen molar-refractivity contribution in [2.75, 3.05) is 0 Å². The first-order chi connectivity index (χ1) is 7.64. The Morgan fingerprint density at radius 2 is 1.47 bits per heavy atom. The minimum Gasteiger partial charge on any atom is -0.258 e. The van der Waals surface area contributed by atoms with Crippen LogP contribution >= 0.6 is 11.6 Å². The first-order valence-corrected chi connectivity index (χ1v) is 5.72. The third kappa shape index (κ3) is 2.67. The van der Waals surface area contributed by atoms with Gasteiger partial charge in [0, 0.05) is 12.1 Å². The summed E-state index contributed by atoms with van der Waals surface area (Å²) in [5.74, 6) is 0. The number of sulfonamides is 1. The van der Waals surface area contributed by atoms with Crippen molar-refractivity contribution in [3.05, 3.63) is 37.4 Å². The van der Waals surface area contributed by atoms with E-state index in [9.17, 15) is 28.6 Å². The van der Waals surface area contributed by atoms with Crippen LogP contribution in [0.3, 0.4) is 0 Å². The highest BCUT2D eigenvalue weighted by Crippen LogP contribution is 2.35. The Balaban J connectivity index is 3.71. The molecule has 17 heavy (non-hydrogen) atoms. The summed E-state index contributed by atoms with van der Waals surface area (Å²) in [6, 6.07) is 1.12. The molecule has 1 aromatic rings. The Bertz CT molecular complexity index is 577. The molecule has 0 saturated heterocycles. The highest BCUT2D eigenvalue weighted by atomic mass is 35.5. The third-order valence-electron chi connectivity index (χ3n) is 1.73. The van der Waals surface area contributed by atoms with Crippen molar-refractivity contribution < 1.29 is 18.3 Å². The van der Waals surface area contributed by atoms with Gasteiger partial charge in [-0.15, -0.1) is 0 Å². The summed E-state index contributed by atoms with van der Waals surface area (Å²) in [4.78, 5) is 18.3. The van der Waals surface area contributed by atoms with Gasteiger partial charge in [0.2, 0.25) is 10.0 Å². The molecule has 1 rings (SSSR count). The predicted octanol–water partition coefficient (Wildman–Crippen LogP) is 0.804. The molecule has 0 amide bonds. The van der Waals surface area contributed by atoms with Gasteiger partial charge in [-0.2, -0.15) is 0 Å². The molecule has 0 aliphatic rings. The van der Waals surface area contributed by atoms with Crippen LogP contribution in [-0.4, -0.2) is 18.3 Å². The largest absolute Gasteiger partial charge is 0.296 e. The van der Waals surface area contributed by atoms with E-state index in [1.165, 1.54) is 0 Å². The van der Waals surface area contributed by atoms with Crippen LogP contribution in [0.2, 0.25) is 5.02 Å². The molecule has 0 radical (unpaired) electrons. The SMILES string of the molecule is NS(=O)(=O)c1cc([N+](=O)[O-])c(Cl)c([N+](=O)[O-])c1. The standard InChI is InChI=1S/C6H4ClN3O6S/c7-6-4(9(11)12)1-3(17(8,15)16)2-5(6)10(13)14/h1-2H,(H2,8,15,16). The van der Waals surface area contributed by atoms with Gasteiger partial charge in [0.25, 0.3) is 11.4 Å². The maximum Gasteiger partial charge on any atom is 0.296 e. The highest BCUT2D eigenvalue weighted by molar-refractivity contribution is 7.89. The van der Waals surface area contributed by atoms with Gasteiger partial charge in [-0.05, 0) is 0 Å². The number of hydrogen-bond donors (Lipinski definition) is 1. The first-order valence-electron chi connectivity index (χ1n) is 3.79. The molecule has 0 unspecified atom stereocenters. The fourth-order valence-electron chi connectivity index (χ4n) is 0.999. The van der Waals surface area contributed by atoms with Crippen LogP contribution in [0.5, 0.6) is 0 Å². The third-order valence-corrected chi connectivity index (χ3v) is 3.01. The molecule has 11 heteroatoms. The van der Waals surface area contributed by atoms with Crippen LogP contribution in [0, 0.1) is 20.2 Å². The van der Waals surface area contributed by atoms with E-state index in [1.807, 2.05) is 0 Å². The van der Waals surface area contributed by atoms with E-state index in [-0.39, 0.29) is 0 Å². The number of nitrogens with two attached hydrogens (primary N) is 1. The van der Waals surface area contributed by atoms with Gasteiger partial charge in [0.05, 0.1) is 14.7 Å². The van der Waals surface area contributed by atoms with Crippen LogP contribution < -0.4 is 5.14 Å². The van der Waals surface area contributed by atoms with Crippen molar-refractivity contribution in [1.29, 1.82) is 0 Å². The van der Waals surface area contributed by atoms with E-state index in [0.29, 0.717) is 12.1 Å². The number of rotatable bonds is 3. The van der Waals surface area contributed by atoms with E-state index in [1.54, 1.807) is 0 Å². The number of nitro groups is 2. The lowest BCUT2D eigenvalue weighted by molar-refractivity contribution is -0.394. The number of nitro benzene ring substituents is 2. The average Bonchev–Trinajstić information content (AvgIpc) is 2.14. The van der Waals surface area contributed by atoms with Crippen molar-refractivity contribution in [1.82, 2.24) is 0 Å². The molecule has 0 aromatic heterocycles. The second kappa shape index (κ2) is 4.24. The van der Waals surface area contributed by atoms with E-state index >= 15 is 0 Å². The maximum absolute atomic E-state index is 11.0. The van der Waals surface area contributed by atoms with Crippen LogP contribution in [0.1, 0.15) is 0 Å². The van der Waals surface area contributed by atoms with Crippen LogP contribution in [-0.2, 0) is 10.0 Å². The Hall–Kier alpha value is -1.78. The summed E-state index contributed by atoms with van der Waals surface area (Å²) >= 11 is 5.40. The Morgan fingerprint density at radius 3 is 1.71 bits per heavy atom. The fraction of sp³-hybridized carbons (Fsp3) is 0.